The molecular weight excluding hydrogens is 230 g/mol. The number of aromatic nitrogens is 1. The van der Waals surface area contributed by atoms with Crippen LogP contribution in [-0.2, 0) is 17.6 Å². The average Bonchev–Trinajstić information content (AvgIpc) is 2.58. The molecule has 94 valence electrons. The number of nitrogens with zero attached hydrogens (tertiary/aromatic N) is 1. The fourth-order valence-electron chi connectivity index (χ4n) is 2.53. The van der Waals surface area contributed by atoms with E-state index in [1.807, 2.05) is 6.92 Å². The fraction of sp³-hybridized carbons (Fsp3) is 0.357. The number of fused-ring (bicyclic) bond motifs is 2. The van der Waals surface area contributed by atoms with Crippen molar-refractivity contribution in [2.45, 2.75) is 19.8 Å². The zero-order valence-electron chi connectivity index (χ0n) is 10.2. The van der Waals surface area contributed by atoms with Crippen LogP contribution < -0.4 is 0 Å². The largest absolute Gasteiger partial charge is 0.504 e. The van der Waals surface area contributed by atoms with Gasteiger partial charge in [-0.05, 0) is 30.5 Å². The standard InChI is InChI=1S/C14H15NO3/c1-8-9-2-4-18-5-3-11(9)15-12-7-14(17)13(16)6-10(8)12/h6-7,16-17H,2-5H2,1H3. The van der Waals surface area contributed by atoms with Gasteiger partial charge in [-0.3, -0.25) is 4.98 Å². The minimum Gasteiger partial charge on any atom is -0.504 e. The van der Waals surface area contributed by atoms with Crippen molar-refractivity contribution in [2.75, 3.05) is 13.2 Å². The predicted molar refractivity (Wildman–Crippen MR) is 68.0 cm³/mol. The summed E-state index contributed by atoms with van der Waals surface area (Å²) < 4.78 is 5.47. The number of hydrogen-bond donors (Lipinski definition) is 2. The molecule has 3 rings (SSSR count). The summed E-state index contributed by atoms with van der Waals surface area (Å²) in [6.45, 7) is 3.44. The van der Waals surface area contributed by atoms with E-state index in [4.69, 9.17) is 4.74 Å². The van der Waals surface area contributed by atoms with Gasteiger partial charge in [0.1, 0.15) is 0 Å². The summed E-state index contributed by atoms with van der Waals surface area (Å²) >= 11 is 0. The van der Waals surface area contributed by atoms with Crippen molar-refractivity contribution < 1.29 is 14.9 Å². The molecule has 2 aromatic rings. The van der Waals surface area contributed by atoms with Crippen LogP contribution in [0.5, 0.6) is 11.5 Å². The van der Waals surface area contributed by atoms with Crippen molar-refractivity contribution >= 4 is 10.9 Å². The molecule has 0 fully saturated rings. The number of ether oxygens (including phenoxy) is 1. The van der Waals surface area contributed by atoms with Gasteiger partial charge in [-0.2, -0.15) is 0 Å². The average molecular weight is 245 g/mol. The molecule has 0 saturated heterocycles. The molecule has 2 N–H and O–H groups in total. The van der Waals surface area contributed by atoms with Crippen molar-refractivity contribution in [2.24, 2.45) is 0 Å². The third kappa shape index (κ3) is 1.69. The number of rotatable bonds is 0. The Kier molecular flexibility index (Phi) is 2.59. The van der Waals surface area contributed by atoms with Crippen molar-refractivity contribution in [1.82, 2.24) is 4.98 Å². The molecule has 0 bridgehead atoms. The highest BCUT2D eigenvalue weighted by atomic mass is 16.5. The molecule has 1 aromatic carbocycles. The second kappa shape index (κ2) is 4.14. The molecule has 0 amide bonds. The first kappa shape index (κ1) is 11.3. The Morgan fingerprint density at radius 2 is 1.83 bits per heavy atom. The SMILES string of the molecule is Cc1c2c(nc3cc(O)c(O)cc13)CCOCC2. The zero-order chi connectivity index (χ0) is 12.7. The summed E-state index contributed by atoms with van der Waals surface area (Å²) in [7, 11) is 0. The van der Waals surface area contributed by atoms with Crippen LogP contribution in [0.25, 0.3) is 10.9 Å². The van der Waals surface area contributed by atoms with Crippen LogP contribution in [0.1, 0.15) is 16.8 Å². The lowest BCUT2D eigenvalue weighted by molar-refractivity contribution is 0.146. The number of pyridine rings is 1. The minimum absolute atomic E-state index is 0.0998. The van der Waals surface area contributed by atoms with E-state index in [1.54, 1.807) is 6.07 Å². The van der Waals surface area contributed by atoms with Crippen LogP contribution >= 0.6 is 0 Å². The van der Waals surface area contributed by atoms with Crippen LogP contribution in [0.2, 0.25) is 0 Å². The monoisotopic (exact) mass is 245 g/mol. The Morgan fingerprint density at radius 3 is 2.67 bits per heavy atom. The lowest BCUT2D eigenvalue weighted by atomic mass is 9.98. The molecule has 4 heteroatoms. The Balaban J connectivity index is 2.31. The molecule has 1 aliphatic rings. The summed E-state index contributed by atoms with van der Waals surface area (Å²) in [6.07, 6.45) is 1.65. The molecule has 0 unspecified atom stereocenters. The maximum absolute atomic E-state index is 9.60. The lowest BCUT2D eigenvalue weighted by Gasteiger charge is -2.12. The van der Waals surface area contributed by atoms with Gasteiger partial charge in [-0.15, -0.1) is 0 Å². The van der Waals surface area contributed by atoms with Gasteiger partial charge in [0.2, 0.25) is 0 Å². The molecule has 1 aliphatic heterocycles. The summed E-state index contributed by atoms with van der Waals surface area (Å²) in [6, 6.07) is 3.10. The molecule has 4 nitrogen and oxygen atoms in total. The second-order valence-electron chi connectivity index (χ2n) is 4.63. The van der Waals surface area contributed by atoms with Gasteiger partial charge in [-0.1, -0.05) is 0 Å². The summed E-state index contributed by atoms with van der Waals surface area (Å²) in [5.41, 5.74) is 4.10. The highest BCUT2D eigenvalue weighted by molar-refractivity contribution is 5.86. The molecule has 0 aliphatic carbocycles. The van der Waals surface area contributed by atoms with E-state index >= 15 is 0 Å². The van der Waals surface area contributed by atoms with Crippen molar-refractivity contribution in [3.63, 3.8) is 0 Å². The quantitative estimate of drug-likeness (QED) is 0.697. The number of benzene rings is 1. The number of phenols is 2. The van der Waals surface area contributed by atoms with Crippen LogP contribution in [0.4, 0.5) is 0 Å². The van der Waals surface area contributed by atoms with Crippen molar-refractivity contribution in [1.29, 1.82) is 0 Å². The Labute approximate surface area is 105 Å². The van der Waals surface area contributed by atoms with Gasteiger partial charge in [0.25, 0.3) is 0 Å². The normalized spacial score (nSPS) is 15.4. The molecule has 2 heterocycles. The third-order valence-corrected chi connectivity index (χ3v) is 3.53. The van der Waals surface area contributed by atoms with Crippen LogP contribution in [0, 0.1) is 6.92 Å². The predicted octanol–water partition coefficient (Wildman–Crippen LogP) is 2.07. The molecule has 0 spiro atoms. The fourth-order valence-corrected chi connectivity index (χ4v) is 2.53. The Hall–Kier alpha value is -1.81. The van der Waals surface area contributed by atoms with E-state index in [0.29, 0.717) is 13.2 Å². The third-order valence-electron chi connectivity index (χ3n) is 3.53. The second-order valence-corrected chi connectivity index (χ2v) is 4.63. The van der Waals surface area contributed by atoms with Crippen LogP contribution in [0.3, 0.4) is 0 Å². The van der Waals surface area contributed by atoms with E-state index in [1.165, 1.54) is 11.6 Å². The van der Waals surface area contributed by atoms with E-state index < -0.39 is 0 Å². The van der Waals surface area contributed by atoms with Gasteiger partial charge in [0, 0.05) is 23.6 Å². The number of hydrogen-bond acceptors (Lipinski definition) is 4. The highest BCUT2D eigenvalue weighted by Crippen LogP contribution is 2.33. The molecule has 18 heavy (non-hydrogen) atoms. The molecular formula is C14H15NO3. The first-order valence-corrected chi connectivity index (χ1v) is 6.08. The molecule has 0 saturated carbocycles. The topological polar surface area (TPSA) is 62.6 Å². The van der Waals surface area contributed by atoms with E-state index in [-0.39, 0.29) is 11.5 Å². The summed E-state index contributed by atoms with van der Waals surface area (Å²) in [5, 5.41) is 20.0. The van der Waals surface area contributed by atoms with Gasteiger partial charge in [0.15, 0.2) is 11.5 Å². The molecule has 0 atom stereocenters. The first-order valence-electron chi connectivity index (χ1n) is 6.08. The Bertz CT molecular complexity index is 622. The first-order chi connectivity index (χ1) is 8.66. The van der Waals surface area contributed by atoms with Gasteiger partial charge in [-0.25, -0.2) is 0 Å². The van der Waals surface area contributed by atoms with Gasteiger partial charge >= 0.3 is 0 Å². The number of aryl methyl sites for hydroxylation is 1. The zero-order valence-corrected chi connectivity index (χ0v) is 10.2. The molecule has 1 aromatic heterocycles. The highest BCUT2D eigenvalue weighted by Gasteiger charge is 2.16. The van der Waals surface area contributed by atoms with E-state index in [9.17, 15) is 10.2 Å². The van der Waals surface area contributed by atoms with E-state index in [2.05, 4.69) is 4.98 Å². The minimum atomic E-state index is -0.126. The summed E-state index contributed by atoms with van der Waals surface area (Å²) in [5.74, 6) is -0.226. The smallest absolute Gasteiger partial charge is 0.159 e. The lowest BCUT2D eigenvalue weighted by Crippen LogP contribution is -2.01. The van der Waals surface area contributed by atoms with Crippen molar-refractivity contribution in [3.05, 3.63) is 29.0 Å². The molecule has 0 radical (unpaired) electrons. The van der Waals surface area contributed by atoms with Gasteiger partial charge in [0.05, 0.1) is 18.7 Å². The number of aromatic hydroxyl groups is 2. The number of phenolic OH excluding ortho intramolecular Hbond substituents is 2. The van der Waals surface area contributed by atoms with Crippen LogP contribution in [-0.4, -0.2) is 28.4 Å². The van der Waals surface area contributed by atoms with E-state index in [0.717, 1.165) is 35.0 Å². The van der Waals surface area contributed by atoms with Crippen molar-refractivity contribution in [3.8, 4) is 11.5 Å². The Morgan fingerprint density at radius 1 is 1.11 bits per heavy atom. The maximum atomic E-state index is 9.60. The summed E-state index contributed by atoms with van der Waals surface area (Å²) in [4.78, 5) is 4.59. The van der Waals surface area contributed by atoms with Crippen LogP contribution in [0.15, 0.2) is 12.1 Å². The maximum Gasteiger partial charge on any atom is 0.159 e. The van der Waals surface area contributed by atoms with Gasteiger partial charge < -0.3 is 14.9 Å².